The molecule has 1 heteroatoms. The summed E-state index contributed by atoms with van der Waals surface area (Å²) < 4.78 is 0. The van der Waals surface area contributed by atoms with Crippen LogP contribution in [0, 0.1) is 23.7 Å². The first-order valence-electron chi connectivity index (χ1n) is 7.27. The SMILES string of the molecule is Cc1cccc(NC2CC3CCC2(C)C3(C)C)c1. The fourth-order valence-corrected chi connectivity index (χ4v) is 4.36. The van der Waals surface area contributed by atoms with Gasteiger partial charge in [0.1, 0.15) is 0 Å². The van der Waals surface area contributed by atoms with Gasteiger partial charge in [0.2, 0.25) is 0 Å². The number of fused-ring (bicyclic) bond motifs is 2. The molecule has 0 spiro atoms. The van der Waals surface area contributed by atoms with Crippen molar-refractivity contribution in [3.05, 3.63) is 29.8 Å². The average molecular weight is 243 g/mol. The molecule has 3 unspecified atom stereocenters. The summed E-state index contributed by atoms with van der Waals surface area (Å²) in [5.74, 6) is 0.907. The van der Waals surface area contributed by atoms with E-state index < -0.39 is 0 Å². The molecule has 3 atom stereocenters. The quantitative estimate of drug-likeness (QED) is 0.799. The molecular formula is C17H25N. The first kappa shape index (κ1) is 12.1. The second-order valence-corrected chi connectivity index (χ2v) is 7.18. The second kappa shape index (κ2) is 3.76. The van der Waals surface area contributed by atoms with Gasteiger partial charge in [0.05, 0.1) is 0 Å². The summed E-state index contributed by atoms with van der Waals surface area (Å²) in [4.78, 5) is 0. The first-order valence-corrected chi connectivity index (χ1v) is 7.27. The normalized spacial score (nSPS) is 36.9. The van der Waals surface area contributed by atoms with Gasteiger partial charge in [-0.3, -0.25) is 0 Å². The fraction of sp³-hybridized carbons (Fsp3) is 0.647. The second-order valence-electron chi connectivity index (χ2n) is 7.18. The van der Waals surface area contributed by atoms with E-state index in [1.54, 1.807) is 0 Å². The number of nitrogens with one attached hydrogen (secondary N) is 1. The Morgan fingerprint density at radius 1 is 1.22 bits per heavy atom. The van der Waals surface area contributed by atoms with Gasteiger partial charge in [0, 0.05) is 11.7 Å². The summed E-state index contributed by atoms with van der Waals surface area (Å²) in [5, 5.41) is 3.81. The lowest BCUT2D eigenvalue weighted by Gasteiger charge is -2.40. The molecule has 0 radical (unpaired) electrons. The largest absolute Gasteiger partial charge is 0.382 e. The predicted octanol–water partition coefficient (Wildman–Crippen LogP) is 4.62. The van der Waals surface area contributed by atoms with Crippen molar-refractivity contribution in [3.63, 3.8) is 0 Å². The zero-order chi connectivity index (χ0) is 13.0. The Balaban J connectivity index is 1.84. The Bertz CT molecular complexity index is 462. The Labute approximate surface area is 111 Å². The lowest BCUT2D eigenvalue weighted by atomic mass is 9.69. The maximum atomic E-state index is 3.81. The molecule has 2 bridgehead atoms. The summed E-state index contributed by atoms with van der Waals surface area (Å²) in [6.07, 6.45) is 4.15. The highest BCUT2D eigenvalue weighted by molar-refractivity contribution is 5.47. The van der Waals surface area contributed by atoms with Crippen LogP contribution in [0.4, 0.5) is 5.69 Å². The lowest BCUT2D eigenvalue weighted by Crippen LogP contribution is -2.40. The van der Waals surface area contributed by atoms with Crippen molar-refractivity contribution in [1.29, 1.82) is 0 Å². The molecule has 2 fully saturated rings. The standard InChI is InChI=1S/C17H25N/c1-12-6-5-7-14(10-12)18-15-11-13-8-9-17(15,4)16(13,2)3/h5-7,10,13,15,18H,8-9,11H2,1-4H3. The molecule has 1 nitrogen and oxygen atoms in total. The van der Waals surface area contributed by atoms with Gasteiger partial charge in [-0.2, -0.15) is 0 Å². The van der Waals surface area contributed by atoms with E-state index in [2.05, 4.69) is 57.3 Å². The molecule has 0 aromatic heterocycles. The van der Waals surface area contributed by atoms with E-state index in [1.807, 2.05) is 0 Å². The van der Waals surface area contributed by atoms with Crippen molar-refractivity contribution in [1.82, 2.24) is 0 Å². The van der Waals surface area contributed by atoms with E-state index >= 15 is 0 Å². The highest BCUT2D eigenvalue weighted by Crippen LogP contribution is 2.65. The minimum atomic E-state index is 0.460. The Kier molecular flexibility index (Phi) is 2.52. The van der Waals surface area contributed by atoms with Gasteiger partial charge >= 0.3 is 0 Å². The minimum absolute atomic E-state index is 0.460. The van der Waals surface area contributed by atoms with Crippen molar-refractivity contribution in [2.45, 2.75) is 53.0 Å². The lowest BCUT2D eigenvalue weighted by molar-refractivity contribution is 0.142. The molecule has 3 rings (SSSR count). The summed E-state index contributed by atoms with van der Waals surface area (Å²) in [6.45, 7) is 9.61. The molecule has 2 aliphatic rings. The van der Waals surface area contributed by atoms with E-state index in [9.17, 15) is 0 Å². The number of hydrogen-bond donors (Lipinski definition) is 1. The van der Waals surface area contributed by atoms with Gasteiger partial charge in [-0.05, 0) is 60.6 Å². The van der Waals surface area contributed by atoms with E-state index in [0.29, 0.717) is 16.9 Å². The van der Waals surface area contributed by atoms with Crippen LogP contribution in [-0.2, 0) is 0 Å². The van der Waals surface area contributed by atoms with Gasteiger partial charge in [0.25, 0.3) is 0 Å². The third-order valence-corrected chi connectivity index (χ3v) is 6.15. The molecule has 2 saturated carbocycles. The highest BCUT2D eigenvalue weighted by Gasteiger charge is 2.61. The Morgan fingerprint density at radius 3 is 2.56 bits per heavy atom. The summed E-state index contributed by atoms with van der Waals surface area (Å²) in [6, 6.07) is 9.43. The zero-order valence-electron chi connectivity index (χ0n) is 12.1. The maximum Gasteiger partial charge on any atom is 0.0345 e. The topological polar surface area (TPSA) is 12.0 Å². The van der Waals surface area contributed by atoms with Crippen molar-refractivity contribution in [2.75, 3.05) is 5.32 Å². The molecule has 1 N–H and O–H groups in total. The molecule has 1 aromatic carbocycles. The van der Waals surface area contributed by atoms with Crippen molar-refractivity contribution in [2.24, 2.45) is 16.7 Å². The third kappa shape index (κ3) is 1.52. The predicted molar refractivity (Wildman–Crippen MR) is 77.8 cm³/mol. The fourth-order valence-electron chi connectivity index (χ4n) is 4.36. The van der Waals surface area contributed by atoms with E-state index in [1.165, 1.54) is 30.5 Å². The van der Waals surface area contributed by atoms with Crippen molar-refractivity contribution in [3.8, 4) is 0 Å². The van der Waals surface area contributed by atoms with Crippen LogP contribution >= 0.6 is 0 Å². The smallest absolute Gasteiger partial charge is 0.0345 e. The maximum absolute atomic E-state index is 3.81. The van der Waals surface area contributed by atoms with Gasteiger partial charge in [0.15, 0.2) is 0 Å². The molecule has 18 heavy (non-hydrogen) atoms. The van der Waals surface area contributed by atoms with E-state index in [4.69, 9.17) is 0 Å². The molecule has 0 saturated heterocycles. The number of aryl methyl sites for hydroxylation is 1. The van der Waals surface area contributed by atoms with Gasteiger partial charge in [-0.1, -0.05) is 32.9 Å². The molecule has 0 amide bonds. The average Bonchev–Trinajstić information content (AvgIpc) is 2.62. The van der Waals surface area contributed by atoms with Crippen LogP contribution in [-0.4, -0.2) is 6.04 Å². The van der Waals surface area contributed by atoms with Crippen LogP contribution < -0.4 is 5.32 Å². The van der Waals surface area contributed by atoms with Crippen molar-refractivity contribution < 1.29 is 0 Å². The van der Waals surface area contributed by atoms with E-state index in [0.717, 1.165) is 5.92 Å². The van der Waals surface area contributed by atoms with Crippen molar-refractivity contribution >= 4 is 5.69 Å². The number of rotatable bonds is 2. The number of anilines is 1. The summed E-state index contributed by atoms with van der Waals surface area (Å²) in [7, 11) is 0. The first-order chi connectivity index (χ1) is 8.43. The van der Waals surface area contributed by atoms with Gasteiger partial charge < -0.3 is 5.32 Å². The van der Waals surface area contributed by atoms with Crippen LogP contribution in [0.1, 0.15) is 45.6 Å². The van der Waals surface area contributed by atoms with Gasteiger partial charge in [-0.25, -0.2) is 0 Å². The van der Waals surface area contributed by atoms with Crippen LogP contribution in [0.3, 0.4) is 0 Å². The third-order valence-electron chi connectivity index (χ3n) is 6.15. The molecule has 0 aliphatic heterocycles. The summed E-state index contributed by atoms with van der Waals surface area (Å²) >= 11 is 0. The van der Waals surface area contributed by atoms with Crippen LogP contribution in [0.15, 0.2) is 24.3 Å². The Hall–Kier alpha value is -0.980. The van der Waals surface area contributed by atoms with E-state index in [-0.39, 0.29) is 0 Å². The zero-order valence-corrected chi connectivity index (χ0v) is 12.1. The summed E-state index contributed by atoms with van der Waals surface area (Å²) in [5.41, 5.74) is 3.59. The highest BCUT2D eigenvalue weighted by atomic mass is 15.0. The van der Waals surface area contributed by atoms with Gasteiger partial charge in [-0.15, -0.1) is 0 Å². The minimum Gasteiger partial charge on any atom is -0.382 e. The molecule has 0 heterocycles. The van der Waals surface area contributed by atoms with Crippen LogP contribution in [0.5, 0.6) is 0 Å². The van der Waals surface area contributed by atoms with Crippen LogP contribution in [0.25, 0.3) is 0 Å². The Morgan fingerprint density at radius 2 is 2.00 bits per heavy atom. The number of benzene rings is 1. The molecular weight excluding hydrogens is 218 g/mol. The molecule has 2 aliphatic carbocycles. The number of hydrogen-bond acceptors (Lipinski definition) is 1. The van der Waals surface area contributed by atoms with Crippen LogP contribution in [0.2, 0.25) is 0 Å². The molecule has 98 valence electrons. The monoisotopic (exact) mass is 243 g/mol. The molecule has 1 aromatic rings.